The van der Waals surface area contributed by atoms with Gasteiger partial charge in [-0.2, -0.15) is 0 Å². The van der Waals surface area contributed by atoms with Crippen LogP contribution >= 0.6 is 0 Å². The highest BCUT2D eigenvalue weighted by atomic mass is 16.5. The van der Waals surface area contributed by atoms with Crippen LogP contribution in [0.4, 0.5) is 0 Å². The SMILES string of the molecule is C=C(C)C1C(O)CC2C(=CCC3(C)C(C(C)CC=C(C)C(=O)OC)CCC23C)C1(C)CCC(=O)O. The summed E-state index contributed by atoms with van der Waals surface area (Å²) in [5.41, 5.74) is 2.66. The van der Waals surface area contributed by atoms with Crippen molar-refractivity contribution in [2.45, 2.75) is 92.6 Å². The first-order valence-electron chi connectivity index (χ1n) is 13.2. The maximum atomic E-state index is 11.8. The number of esters is 1. The van der Waals surface area contributed by atoms with Crippen LogP contribution in [0.3, 0.4) is 0 Å². The Bertz CT molecular complexity index is 931. The fraction of sp³-hybridized carbons (Fsp3) is 0.733. The number of carbonyl (C=O) groups excluding carboxylic acids is 1. The summed E-state index contributed by atoms with van der Waals surface area (Å²) < 4.78 is 4.86. The molecule has 0 radical (unpaired) electrons. The molecule has 3 aliphatic carbocycles. The van der Waals surface area contributed by atoms with Gasteiger partial charge >= 0.3 is 11.9 Å². The number of methoxy groups -OCH3 is 1. The molecule has 0 amide bonds. The van der Waals surface area contributed by atoms with E-state index in [4.69, 9.17) is 4.74 Å². The zero-order valence-electron chi connectivity index (χ0n) is 22.8. The van der Waals surface area contributed by atoms with E-state index < -0.39 is 17.5 Å². The summed E-state index contributed by atoms with van der Waals surface area (Å²) in [7, 11) is 1.42. The van der Waals surface area contributed by atoms with E-state index in [0.29, 0.717) is 30.3 Å². The highest BCUT2D eigenvalue weighted by Gasteiger charge is 2.64. The van der Waals surface area contributed by atoms with Crippen molar-refractivity contribution in [3.05, 3.63) is 35.5 Å². The van der Waals surface area contributed by atoms with Gasteiger partial charge in [-0.25, -0.2) is 4.79 Å². The maximum Gasteiger partial charge on any atom is 0.333 e. The van der Waals surface area contributed by atoms with Crippen LogP contribution in [0.25, 0.3) is 0 Å². The van der Waals surface area contributed by atoms with Crippen LogP contribution in [0.2, 0.25) is 0 Å². The number of fused-ring (bicyclic) bond motifs is 3. The molecule has 196 valence electrons. The minimum atomic E-state index is -0.791. The number of carbonyl (C=O) groups is 2. The van der Waals surface area contributed by atoms with Crippen molar-refractivity contribution in [3.8, 4) is 0 Å². The van der Waals surface area contributed by atoms with Crippen LogP contribution in [0.5, 0.6) is 0 Å². The number of aliphatic hydroxyl groups excluding tert-OH is 1. The van der Waals surface area contributed by atoms with Gasteiger partial charge in [-0.05, 0) is 86.4 Å². The van der Waals surface area contributed by atoms with Gasteiger partial charge in [0.2, 0.25) is 0 Å². The smallest absolute Gasteiger partial charge is 0.333 e. The molecule has 5 heteroatoms. The van der Waals surface area contributed by atoms with Crippen molar-refractivity contribution < 1.29 is 24.5 Å². The van der Waals surface area contributed by atoms with Crippen molar-refractivity contribution in [1.29, 1.82) is 0 Å². The van der Waals surface area contributed by atoms with Crippen LogP contribution < -0.4 is 0 Å². The van der Waals surface area contributed by atoms with Crippen LogP contribution in [0.15, 0.2) is 35.5 Å². The van der Waals surface area contributed by atoms with Crippen molar-refractivity contribution in [1.82, 2.24) is 0 Å². The monoisotopic (exact) mass is 486 g/mol. The summed E-state index contributed by atoms with van der Waals surface area (Å²) in [4.78, 5) is 23.4. The van der Waals surface area contributed by atoms with E-state index in [1.54, 1.807) is 0 Å². The Morgan fingerprint density at radius 2 is 1.91 bits per heavy atom. The Hall–Kier alpha value is -1.88. The molecule has 0 spiro atoms. The molecule has 0 aliphatic heterocycles. The summed E-state index contributed by atoms with van der Waals surface area (Å²) in [6, 6.07) is 0. The molecule has 0 saturated heterocycles. The van der Waals surface area contributed by atoms with E-state index >= 15 is 0 Å². The second-order valence-corrected chi connectivity index (χ2v) is 12.4. The Balaban J connectivity index is 1.97. The first-order valence-corrected chi connectivity index (χ1v) is 13.2. The van der Waals surface area contributed by atoms with E-state index in [1.165, 1.54) is 12.7 Å². The average Bonchev–Trinajstić information content (AvgIpc) is 3.06. The number of allylic oxidation sites excluding steroid dienone is 3. The van der Waals surface area contributed by atoms with Gasteiger partial charge < -0.3 is 14.9 Å². The van der Waals surface area contributed by atoms with Crippen molar-refractivity contribution in [2.24, 2.45) is 39.9 Å². The summed E-state index contributed by atoms with van der Waals surface area (Å²) in [6.45, 7) is 17.3. The van der Waals surface area contributed by atoms with Gasteiger partial charge in [0.25, 0.3) is 0 Å². The molecule has 35 heavy (non-hydrogen) atoms. The van der Waals surface area contributed by atoms with Gasteiger partial charge in [0.15, 0.2) is 0 Å². The second kappa shape index (κ2) is 9.88. The first-order chi connectivity index (χ1) is 16.2. The number of carboxylic acid groups (broad SMARTS) is 1. The molecule has 2 fully saturated rings. The van der Waals surface area contributed by atoms with E-state index in [9.17, 15) is 19.8 Å². The number of aliphatic carboxylic acids is 1. The number of aliphatic hydroxyl groups is 1. The Morgan fingerprint density at radius 1 is 1.26 bits per heavy atom. The average molecular weight is 487 g/mol. The van der Waals surface area contributed by atoms with Gasteiger partial charge in [-0.15, -0.1) is 0 Å². The molecular weight excluding hydrogens is 440 g/mol. The molecule has 8 atom stereocenters. The molecule has 0 aromatic rings. The van der Waals surface area contributed by atoms with Crippen molar-refractivity contribution >= 4 is 11.9 Å². The predicted molar refractivity (Wildman–Crippen MR) is 139 cm³/mol. The molecule has 8 unspecified atom stereocenters. The molecule has 2 saturated carbocycles. The van der Waals surface area contributed by atoms with Crippen molar-refractivity contribution in [2.75, 3.05) is 7.11 Å². The summed E-state index contributed by atoms with van der Waals surface area (Å²) >= 11 is 0. The quantitative estimate of drug-likeness (QED) is 0.238. The van der Waals surface area contributed by atoms with Gasteiger partial charge in [0.05, 0.1) is 13.2 Å². The summed E-state index contributed by atoms with van der Waals surface area (Å²) in [6.07, 6.45) is 9.26. The number of carboxylic acids is 1. The normalized spacial score (nSPS) is 39.8. The van der Waals surface area contributed by atoms with E-state index in [-0.39, 0.29) is 35.1 Å². The Morgan fingerprint density at radius 3 is 2.49 bits per heavy atom. The lowest BCUT2D eigenvalue weighted by Gasteiger charge is -2.61. The van der Waals surface area contributed by atoms with Crippen LogP contribution in [-0.4, -0.2) is 35.4 Å². The zero-order chi connectivity index (χ0) is 26.3. The van der Waals surface area contributed by atoms with Gasteiger partial charge in [-0.1, -0.05) is 57.6 Å². The lowest BCUT2D eigenvalue weighted by atomic mass is 9.44. The minimum absolute atomic E-state index is 0.0304. The van der Waals surface area contributed by atoms with Crippen molar-refractivity contribution in [3.63, 3.8) is 0 Å². The fourth-order valence-electron chi connectivity index (χ4n) is 8.47. The number of hydrogen-bond acceptors (Lipinski definition) is 4. The summed E-state index contributed by atoms with van der Waals surface area (Å²) in [5, 5.41) is 20.9. The van der Waals surface area contributed by atoms with E-state index in [2.05, 4.69) is 40.3 Å². The molecule has 5 nitrogen and oxygen atoms in total. The molecule has 0 heterocycles. The second-order valence-electron chi connectivity index (χ2n) is 12.4. The zero-order valence-corrected chi connectivity index (χ0v) is 22.8. The van der Waals surface area contributed by atoms with Gasteiger partial charge in [0.1, 0.15) is 0 Å². The van der Waals surface area contributed by atoms with Crippen LogP contribution in [0.1, 0.15) is 86.5 Å². The predicted octanol–water partition coefficient (Wildman–Crippen LogP) is 6.33. The highest BCUT2D eigenvalue weighted by molar-refractivity contribution is 5.87. The maximum absolute atomic E-state index is 11.8. The largest absolute Gasteiger partial charge is 0.481 e. The summed E-state index contributed by atoms with van der Waals surface area (Å²) in [5.74, 6) is -0.0237. The number of ether oxygens (including phenoxy) is 1. The van der Waals surface area contributed by atoms with Crippen LogP contribution in [0, 0.1) is 39.9 Å². The number of hydrogen-bond donors (Lipinski definition) is 2. The molecule has 3 rings (SSSR count). The third-order valence-corrected chi connectivity index (χ3v) is 10.6. The standard InChI is InChI=1S/C30H46O5/c1-18(2)26-24(31)17-23-22(28(26,5)14-13-25(32)33)12-16-29(6)21(11-15-30(23,29)7)19(3)9-10-20(4)27(34)35-8/h10,12,19,21,23-24,26,31H,1,9,11,13-17H2,2-8H3,(H,32,33). The number of rotatable bonds is 8. The molecular formula is C30H46O5. The van der Waals surface area contributed by atoms with Gasteiger partial charge in [-0.3, -0.25) is 4.79 Å². The Labute approximate surface area is 211 Å². The highest BCUT2D eigenvalue weighted by Crippen LogP contribution is 2.71. The molecule has 0 aromatic carbocycles. The van der Waals surface area contributed by atoms with E-state index in [0.717, 1.165) is 31.3 Å². The lowest BCUT2D eigenvalue weighted by molar-refractivity contribution is -0.138. The topological polar surface area (TPSA) is 83.8 Å². The Kier molecular flexibility index (Phi) is 7.82. The minimum Gasteiger partial charge on any atom is -0.481 e. The molecule has 2 N–H and O–H groups in total. The fourth-order valence-corrected chi connectivity index (χ4v) is 8.47. The molecule has 0 aromatic heterocycles. The van der Waals surface area contributed by atoms with E-state index in [1.807, 2.05) is 19.9 Å². The molecule has 3 aliphatic rings. The third kappa shape index (κ3) is 4.54. The van der Waals surface area contributed by atoms with Crippen LogP contribution in [-0.2, 0) is 14.3 Å². The van der Waals surface area contributed by atoms with Gasteiger partial charge in [0, 0.05) is 17.9 Å². The molecule has 0 bridgehead atoms. The first kappa shape index (κ1) is 27.7. The third-order valence-electron chi connectivity index (χ3n) is 10.6. The lowest BCUT2D eigenvalue weighted by Crippen LogP contribution is -2.55.